The van der Waals surface area contributed by atoms with Gasteiger partial charge in [0, 0.05) is 31.7 Å². The number of benzene rings is 1. The molecule has 27 heavy (non-hydrogen) atoms. The van der Waals surface area contributed by atoms with Crippen molar-refractivity contribution in [1.29, 1.82) is 0 Å². The highest BCUT2D eigenvalue weighted by Crippen LogP contribution is 2.25. The zero-order valence-corrected chi connectivity index (χ0v) is 16.9. The van der Waals surface area contributed by atoms with Crippen LogP contribution in [0.25, 0.3) is 0 Å². The lowest BCUT2D eigenvalue weighted by Crippen LogP contribution is -2.63. The molecule has 7 nitrogen and oxygen atoms in total. The minimum atomic E-state index is -3.55. The van der Waals surface area contributed by atoms with Crippen molar-refractivity contribution in [2.24, 2.45) is 5.92 Å². The normalized spacial score (nSPS) is 23.7. The highest BCUT2D eigenvalue weighted by Gasteiger charge is 2.40. The Labute approximate surface area is 160 Å². The maximum atomic E-state index is 12.9. The van der Waals surface area contributed by atoms with Gasteiger partial charge in [-0.15, -0.1) is 0 Å². The summed E-state index contributed by atoms with van der Waals surface area (Å²) in [5.74, 6) is -0.118. The molecule has 8 heteroatoms. The summed E-state index contributed by atoms with van der Waals surface area (Å²) >= 11 is 0. The van der Waals surface area contributed by atoms with Gasteiger partial charge < -0.3 is 10.2 Å². The molecule has 2 fully saturated rings. The summed E-state index contributed by atoms with van der Waals surface area (Å²) in [4.78, 5) is 26.6. The van der Waals surface area contributed by atoms with Gasteiger partial charge in [0.05, 0.1) is 4.90 Å². The summed E-state index contributed by atoms with van der Waals surface area (Å²) in [6.45, 7) is 7.35. The number of piperazine rings is 1. The predicted octanol–water partition coefficient (Wildman–Crippen LogP) is 1.46. The number of carbonyl (C=O) groups is 2. The van der Waals surface area contributed by atoms with Crippen LogP contribution in [-0.4, -0.2) is 61.2 Å². The summed E-state index contributed by atoms with van der Waals surface area (Å²) in [7, 11) is -3.55. The first-order valence-electron chi connectivity index (χ1n) is 9.34. The summed E-state index contributed by atoms with van der Waals surface area (Å²) < 4.78 is 27.2. The van der Waals surface area contributed by atoms with Crippen molar-refractivity contribution in [2.75, 3.05) is 26.2 Å². The van der Waals surface area contributed by atoms with E-state index in [1.165, 1.54) is 33.5 Å². The van der Waals surface area contributed by atoms with Gasteiger partial charge in [-0.05, 0) is 56.9 Å². The SMILES string of the molecule is CC1CCCN(S(=O)(=O)c2ccc(C(=O)N3CCNC(=O)C3(C)C)cc2)C1. The smallest absolute Gasteiger partial charge is 0.254 e. The Morgan fingerprint density at radius 2 is 1.85 bits per heavy atom. The first-order chi connectivity index (χ1) is 12.6. The summed E-state index contributed by atoms with van der Waals surface area (Å²) in [5.41, 5.74) is -0.562. The van der Waals surface area contributed by atoms with Crippen LogP contribution in [0.1, 0.15) is 44.0 Å². The standard InChI is InChI=1S/C19H27N3O4S/c1-14-5-4-11-21(13-14)27(25,26)16-8-6-15(7-9-16)17(23)22-12-10-20-18(24)19(22,2)3/h6-9,14H,4-5,10-13H2,1-3H3,(H,20,24). The molecule has 1 aromatic rings. The van der Waals surface area contributed by atoms with Crippen LogP contribution in [0.4, 0.5) is 0 Å². The molecule has 2 saturated heterocycles. The predicted molar refractivity (Wildman–Crippen MR) is 102 cm³/mol. The van der Waals surface area contributed by atoms with Gasteiger partial charge in [-0.3, -0.25) is 9.59 Å². The van der Waals surface area contributed by atoms with Gasteiger partial charge in [-0.2, -0.15) is 4.31 Å². The quantitative estimate of drug-likeness (QED) is 0.842. The van der Waals surface area contributed by atoms with Gasteiger partial charge in [0.25, 0.3) is 5.91 Å². The molecule has 0 bridgehead atoms. The van der Waals surface area contributed by atoms with E-state index in [1.54, 1.807) is 13.8 Å². The monoisotopic (exact) mass is 393 g/mol. The maximum absolute atomic E-state index is 12.9. The second kappa shape index (κ2) is 7.24. The third-order valence-electron chi connectivity index (χ3n) is 5.46. The van der Waals surface area contributed by atoms with Crippen LogP contribution in [0.2, 0.25) is 0 Å². The molecule has 148 valence electrons. The first kappa shape index (κ1) is 19.8. The van der Waals surface area contributed by atoms with Crippen LogP contribution in [0, 0.1) is 5.92 Å². The van der Waals surface area contributed by atoms with Crippen molar-refractivity contribution in [3.8, 4) is 0 Å². The average Bonchev–Trinajstić information content (AvgIpc) is 2.63. The number of hydrogen-bond donors (Lipinski definition) is 1. The average molecular weight is 394 g/mol. The molecular weight excluding hydrogens is 366 g/mol. The number of nitrogens with one attached hydrogen (secondary N) is 1. The third kappa shape index (κ3) is 3.73. The molecule has 1 unspecified atom stereocenters. The number of amides is 2. The summed E-state index contributed by atoms with van der Waals surface area (Å²) in [6.07, 6.45) is 1.90. The number of piperidine rings is 1. The Morgan fingerprint density at radius 1 is 1.19 bits per heavy atom. The van der Waals surface area contributed by atoms with Gasteiger partial charge >= 0.3 is 0 Å². The molecule has 0 aromatic heterocycles. The van der Waals surface area contributed by atoms with E-state index in [1.807, 2.05) is 0 Å². The number of nitrogens with zero attached hydrogens (tertiary/aromatic N) is 2. The number of rotatable bonds is 3. The molecule has 1 N–H and O–H groups in total. The van der Waals surface area contributed by atoms with Gasteiger partial charge in [0.2, 0.25) is 15.9 Å². The molecule has 2 amide bonds. The lowest BCUT2D eigenvalue weighted by molar-refractivity contribution is -0.133. The molecule has 3 rings (SSSR count). The van der Waals surface area contributed by atoms with Crippen molar-refractivity contribution in [3.05, 3.63) is 29.8 Å². The summed E-state index contributed by atoms with van der Waals surface area (Å²) in [6, 6.07) is 6.04. The number of sulfonamides is 1. The minimum absolute atomic E-state index is 0.194. The maximum Gasteiger partial charge on any atom is 0.254 e. The molecule has 0 radical (unpaired) electrons. The van der Waals surface area contributed by atoms with Crippen LogP contribution in [0.3, 0.4) is 0 Å². The van der Waals surface area contributed by atoms with E-state index in [4.69, 9.17) is 0 Å². The van der Waals surface area contributed by atoms with Crippen LogP contribution < -0.4 is 5.32 Å². The van der Waals surface area contributed by atoms with Crippen LogP contribution in [0.5, 0.6) is 0 Å². The Morgan fingerprint density at radius 3 is 2.48 bits per heavy atom. The third-order valence-corrected chi connectivity index (χ3v) is 7.33. The highest BCUT2D eigenvalue weighted by molar-refractivity contribution is 7.89. The second-order valence-corrected chi connectivity index (χ2v) is 9.84. The van der Waals surface area contributed by atoms with Crippen molar-refractivity contribution in [1.82, 2.24) is 14.5 Å². The van der Waals surface area contributed by atoms with Crippen molar-refractivity contribution in [2.45, 2.75) is 44.0 Å². The van der Waals surface area contributed by atoms with Crippen molar-refractivity contribution in [3.63, 3.8) is 0 Å². The lowest BCUT2D eigenvalue weighted by atomic mass is 9.97. The number of hydrogen-bond acceptors (Lipinski definition) is 4. The minimum Gasteiger partial charge on any atom is -0.352 e. The van der Waals surface area contributed by atoms with Crippen molar-refractivity contribution < 1.29 is 18.0 Å². The largest absolute Gasteiger partial charge is 0.352 e. The lowest BCUT2D eigenvalue weighted by Gasteiger charge is -2.41. The van der Waals surface area contributed by atoms with Gasteiger partial charge in [-0.25, -0.2) is 8.42 Å². The first-order valence-corrected chi connectivity index (χ1v) is 10.8. The molecule has 0 spiro atoms. The fourth-order valence-electron chi connectivity index (χ4n) is 3.69. The topological polar surface area (TPSA) is 86.8 Å². The highest BCUT2D eigenvalue weighted by atomic mass is 32.2. The molecule has 1 aromatic carbocycles. The van der Waals surface area contributed by atoms with Crippen LogP contribution >= 0.6 is 0 Å². The van der Waals surface area contributed by atoms with E-state index in [-0.39, 0.29) is 16.7 Å². The number of carbonyl (C=O) groups excluding carboxylic acids is 2. The Hall–Kier alpha value is -1.93. The van der Waals surface area contributed by atoms with E-state index < -0.39 is 15.6 Å². The Balaban J connectivity index is 1.81. The molecule has 2 aliphatic heterocycles. The molecule has 2 aliphatic rings. The van der Waals surface area contributed by atoms with E-state index in [0.717, 1.165) is 12.8 Å². The molecule has 0 saturated carbocycles. The second-order valence-electron chi connectivity index (χ2n) is 7.91. The van der Waals surface area contributed by atoms with Gasteiger partial charge in [0.1, 0.15) is 5.54 Å². The van der Waals surface area contributed by atoms with E-state index in [0.29, 0.717) is 37.7 Å². The molecular formula is C19H27N3O4S. The van der Waals surface area contributed by atoms with E-state index in [9.17, 15) is 18.0 Å². The molecule has 1 atom stereocenters. The molecule has 0 aliphatic carbocycles. The zero-order valence-electron chi connectivity index (χ0n) is 16.1. The fraction of sp³-hybridized carbons (Fsp3) is 0.579. The zero-order chi connectivity index (χ0) is 19.8. The van der Waals surface area contributed by atoms with Crippen molar-refractivity contribution >= 4 is 21.8 Å². The van der Waals surface area contributed by atoms with Crippen LogP contribution in [-0.2, 0) is 14.8 Å². The Bertz CT molecular complexity index is 833. The Kier molecular flexibility index (Phi) is 5.31. The van der Waals surface area contributed by atoms with E-state index in [2.05, 4.69) is 12.2 Å². The van der Waals surface area contributed by atoms with E-state index >= 15 is 0 Å². The summed E-state index contributed by atoms with van der Waals surface area (Å²) in [5, 5.41) is 2.76. The fourth-order valence-corrected chi connectivity index (χ4v) is 5.29. The molecule has 2 heterocycles. The van der Waals surface area contributed by atoms with Gasteiger partial charge in [-0.1, -0.05) is 6.92 Å². The van der Waals surface area contributed by atoms with Crippen LogP contribution in [0.15, 0.2) is 29.2 Å². The van der Waals surface area contributed by atoms with Gasteiger partial charge in [0.15, 0.2) is 0 Å².